The molecule has 1 atom stereocenters. The van der Waals surface area contributed by atoms with Gasteiger partial charge >= 0.3 is 0 Å². The Morgan fingerprint density at radius 2 is 1.88 bits per heavy atom. The van der Waals surface area contributed by atoms with Gasteiger partial charge in [0.25, 0.3) is 0 Å². The van der Waals surface area contributed by atoms with Crippen molar-refractivity contribution in [3.8, 4) is 5.75 Å². The zero-order chi connectivity index (χ0) is 23.4. The molecule has 1 aliphatic carbocycles. The third kappa shape index (κ3) is 5.82. The van der Waals surface area contributed by atoms with Crippen LogP contribution in [0.2, 0.25) is 0 Å². The average molecular weight is 471 g/mol. The Balaban J connectivity index is 1.49. The molecular weight excluding hydrogens is 442 g/mol. The summed E-state index contributed by atoms with van der Waals surface area (Å²) in [5, 5.41) is 10.6. The molecule has 1 aromatic heterocycles. The third-order valence-corrected chi connectivity index (χ3v) is 6.74. The van der Waals surface area contributed by atoms with Gasteiger partial charge in [-0.1, -0.05) is 19.1 Å². The molecule has 2 N–H and O–H groups in total. The van der Waals surface area contributed by atoms with Crippen LogP contribution in [0, 0.1) is 17.0 Å². The Morgan fingerprint density at radius 1 is 1.15 bits per heavy atom. The van der Waals surface area contributed by atoms with E-state index in [-0.39, 0.29) is 11.8 Å². The van der Waals surface area contributed by atoms with Crippen molar-refractivity contribution in [2.24, 2.45) is 0 Å². The van der Waals surface area contributed by atoms with E-state index in [0.29, 0.717) is 24.3 Å². The molecule has 0 bridgehead atoms. The van der Waals surface area contributed by atoms with Crippen LogP contribution in [-0.4, -0.2) is 28.2 Å². The highest BCUT2D eigenvalue weighted by atomic mass is 32.1. The Labute approximate surface area is 197 Å². The van der Waals surface area contributed by atoms with Crippen molar-refractivity contribution in [2.75, 3.05) is 13.1 Å². The van der Waals surface area contributed by atoms with E-state index in [0.717, 1.165) is 53.6 Å². The van der Waals surface area contributed by atoms with Gasteiger partial charge in [-0.15, -0.1) is 0 Å². The van der Waals surface area contributed by atoms with E-state index in [2.05, 4.69) is 21.4 Å². The molecular formula is C25H28F2N4OS. The molecule has 1 unspecified atom stereocenters. The van der Waals surface area contributed by atoms with Crippen LogP contribution >= 0.6 is 11.5 Å². The first kappa shape index (κ1) is 23.5. The van der Waals surface area contributed by atoms with E-state index >= 15 is 0 Å². The Hall–Kier alpha value is -2.68. The molecule has 0 radical (unpaired) electrons. The maximum Gasteiger partial charge on any atom is 0.132 e. The number of ether oxygens (including phenoxy) is 1. The number of rotatable bonds is 8. The van der Waals surface area contributed by atoms with Crippen LogP contribution in [0.3, 0.4) is 0 Å². The largest absolute Gasteiger partial charge is 0.462 e. The number of hydrazine groups is 1. The average Bonchev–Trinajstić information content (AvgIpc) is 3.27. The van der Waals surface area contributed by atoms with E-state index in [1.165, 1.54) is 30.1 Å². The Bertz CT molecular complexity index is 1080. The van der Waals surface area contributed by atoms with Crippen LogP contribution < -0.4 is 10.2 Å². The standard InChI is InChI=1S/C25H28F2N4OS/c1-16(18-6-8-21(9-7-18)32-22-13-19(26)12-20(27)14-22)25-23(15-29-33-25)24(17(2)28)30-31-10-4-3-5-11-31/h6,8,12-15,24,28,30H,1,3-5,7,9-11H2,2H3. The number of aromatic nitrogens is 1. The number of halogens is 2. The monoisotopic (exact) mass is 470 g/mol. The summed E-state index contributed by atoms with van der Waals surface area (Å²) < 4.78 is 36.9. The molecule has 0 saturated carbocycles. The maximum atomic E-state index is 13.4. The molecule has 1 aliphatic heterocycles. The number of hydrogen-bond acceptors (Lipinski definition) is 6. The molecule has 2 aliphatic rings. The molecule has 1 saturated heterocycles. The van der Waals surface area contributed by atoms with Crippen molar-refractivity contribution in [3.63, 3.8) is 0 Å². The normalized spacial score (nSPS) is 17.8. The fourth-order valence-corrected chi connectivity index (χ4v) is 4.92. The third-order valence-electron chi connectivity index (χ3n) is 5.87. The fraction of sp³-hybridized carbons (Fsp3) is 0.360. The van der Waals surface area contributed by atoms with E-state index in [9.17, 15) is 8.78 Å². The number of allylic oxidation sites excluding steroid dienone is 5. The summed E-state index contributed by atoms with van der Waals surface area (Å²) in [6.07, 6.45) is 10.4. The lowest BCUT2D eigenvalue weighted by Gasteiger charge is -2.31. The number of nitrogens with one attached hydrogen (secondary N) is 2. The number of nitrogens with zero attached hydrogens (tertiary/aromatic N) is 2. The predicted octanol–water partition coefficient (Wildman–Crippen LogP) is 6.19. The molecule has 0 spiro atoms. The van der Waals surface area contributed by atoms with Gasteiger partial charge in [0.15, 0.2) is 0 Å². The van der Waals surface area contributed by atoms with Gasteiger partial charge < -0.3 is 10.1 Å². The SMILES string of the molecule is C=C(C1=CC=C(Oc2cc(F)cc(F)c2)CC1)c1sncc1C(NN1CCCCC1)C(C)=N. The highest BCUT2D eigenvalue weighted by Crippen LogP contribution is 2.36. The van der Waals surface area contributed by atoms with Gasteiger partial charge in [-0.05, 0) is 54.9 Å². The van der Waals surface area contributed by atoms with Crippen molar-refractivity contribution < 1.29 is 13.5 Å². The van der Waals surface area contributed by atoms with Crippen LogP contribution in [0.15, 0.2) is 54.5 Å². The molecule has 33 heavy (non-hydrogen) atoms. The second-order valence-corrected chi connectivity index (χ2v) is 9.22. The molecule has 5 nitrogen and oxygen atoms in total. The molecule has 4 rings (SSSR count). The van der Waals surface area contributed by atoms with Crippen LogP contribution in [0.4, 0.5) is 8.78 Å². The summed E-state index contributed by atoms with van der Waals surface area (Å²) in [6.45, 7) is 8.09. The second-order valence-electron chi connectivity index (χ2n) is 8.41. The van der Waals surface area contributed by atoms with Gasteiger partial charge in [-0.25, -0.2) is 23.6 Å². The maximum absolute atomic E-state index is 13.4. The molecule has 1 aromatic carbocycles. The van der Waals surface area contributed by atoms with Gasteiger partial charge in [0.05, 0.1) is 10.9 Å². The smallest absolute Gasteiger partial charge is 0.132 e. The molecule has 0 amide bonds. The summed E-state index contributed by atoms with van der Waals surface area (Å²) >= 11 is 1.38. The second kappa shape index (κ2) is 10.5. The minimum Gasteiger partial charge on any atom is -0.462 e. The Kier molecular flexibility index (Phi) is 7.47. The molecule has 174 valence electrons. The van der Waals surface area contributed by atoms with Crippen molar-refractivity contribution in [1.29, 1.82) is 5.41 Å². The lowest BCUT2D eigenvalue weighted by Crippen LogP contribution is -2.45. The summed E-state index contributed by atoms with van der Waals surface area (Å²) in [5.74, 6) is -0.552. The van der Waals surface area contributed by atoms with E-state index in [1.54, 1.807) is 0 Å². The molecule has 2 heterocycles. The first-order valence-corrected chi connectivity index (χ1v) is 11.9. The van der Waals surface area contributed by atoms with Crippen molar-refractivity contribution in [3.05, 3.63) is 76.5 Å². The van der Waals surface area contributed by atoms with Gasteiger partial charge in [-0.3, -0.25) is 0 Å². The molecule has 1 fully saturated rings. The van der Waals surface area contributed by atoms with Crippen LogP contribution in [0.25, 0.3) is 5.57 Å². The summed E-state index contributed by atoms with van der Waals surface area (Å²) in [7, 11) is 0. The predicted molar refractivity (Wildman–Crippen MR) is 128 cm³/mol. The highest BCUT2D eigenvalue weighted by molar-refractivity contribution is 7.07. The summed E-state index contributed by atoms with van der Waals surface area (Å²) in [6, 6.07) is 2.91. The zero-order valence-corrected chi connectivity index (χ0v) is 19.5. The number of piperidine rings is 1. The van der Waals surface area contributed by atoms with Crippen molar-refractivity contribution >= 4 is 22.8 Å². The number of hydrogen-bond donors (Lipinski definition) is 2. The lowest BCUT2D eigenvalue weighted by atomic mass is 9.93. The van der Waals surface area contributed by atoms with E-state index in [4.69, 9.17) is 10.1 Å². The van der Waals surface area contributed by atoms with Gasteiger partial charge in [0, 0.05) is 55.2 Å². The van der Waals surface area contributed by atoms with Crippen LogP contribution in [-0.2, 0) is 0 Å². The highest BCUT2D eigenvalue weighted by Gasteiger charge is 2.25. The van der Waals surface area contributed by atoms with Crippen LogP contribution in [0.1, 0.15) is 55.5 Å². The minimum atomic E-state index is -0.669. The minimum absolute atomic E-state index is 0.146. The van der Waals surface area contributed by atoms with Crippen molar-refractivity contribution in [1.82, 2.24) is 14.8 Å². The van der Waals surface area contributed by atoms with Crippen molar-refractivity contribution in [2.45, 2.75) is 45.1 Å². The number of benzene rings is 1. The van der Waals surface area contributed by atoms with E-state index < -0.39 is 11.6 Å². The topological polar surface area (TPSA) is 61.2 Å². The summed E-state index contributed by atoms with van der Waals surface area (Å²) in [4.78, 5) is 0.965. The van der Waals surface area contributed by atoms with Gasteiger partial charge in [-0.2, -0.15) is 0 Å². The quantitative estimate of drug-likeness (QED) is 0.452. The molecule has 8 heteroatoms. The van der Waals surface area contributed by atoms with Gasteiger partial charge in [0.1, 0.15) is 23.1 Å². The zero-order valence-electron chi connectivity index (χ0n) is 18.7. The van der Waals surface area contributed by atoms with Gasteiger partial charge in [0.2, 0.25) is 0 Å². The Morgan fingerprint density at radius 3 is 2.52 bits per heavy atom. The fourth-order valence-electron chi connectivity index (χ4n) is 4.13. The molecule has 2 aromatic rings. The lowest BCUT2D eigenvalue weighted by molar-refractivity contribution is 0.144. The summed E-state index contributed by atoms with van der Waals surface area (Å²) in [5.41, 5.74) is 6.95. The van der Waals surface area contributed by atoms with E-state index in [1.807, 2.05) is 25.3 Å². The first-order valence-electron chi connectivity index (χ1n) is 11.1. The first-order chi connectivity index (χ1) is 15.9. The van der Waals surface area contributed by atoms with Crippen LogP contribution in [0.5, 0.6) is 5.75 Å².